The van der Waals surface area contributed by atoms with Gasteiger partial charge in [0.2, 0.25) is 0 Å². The third-order valence-electron chi connectivity index (χ3n) is 2.58. The molecule has 5 heteroatoms. The zero-order valence-electron chi connectivity index (χ0n) is 10.8. The smallest absolute Gasteiger partial charge is 0.338 e. The van der Waals surface area contributed by atoms with Crippen molar-refractivity contribution in [3.63, 3.8) is 0 Å². The van der Waals surface area contributed by atoms with Gasteiger partial charge in [-0.25, -0.2) is 9.78 Å². The van der Waals surface area contributed by atoms with Crippen LogP contribution in [0.15, 0.2) is 30.5 Å². The van der Waals surface area contributed by atoms with Crippen molar-refractivity contribution >= 4 is 22.4 Å². The van der Waals surface area contributed by atoms with Crippen LogP contribution < -0.4 is 5.73 Å². The molecule has 0 aliphatic carbocycles. The zero-order valence-corrected chi connectivity index (χ0v) is 11.6. The number of thiazole rings is 1. The van der Waals surface area contributed by atoms with Crippen molar-refractivity contribution in [2.75, 3.05) is 12.3 Å². The summed E-state index contributed by atoms with van der Waals surface area (Å²) in [7, 11) is 0. The summed E-state index contributed by atoms with van der Waals surface area (Å²) in [6.45, 7) is 2.43. The minimum absolute atomic E-state index is 0.268. The van der Waals surface area contributed by atoms with Gasteiger partial charge in [-0.1, -0.05) is 19.1 Å². The van der Waals surface area contributed by atoms with Crippen LogP contribution in [0.2, 0.25) is 0 Å². The first-order valence-corrected chi connectivity index (χ1v) is 6.97. The molecule has 2 rings (SSSR count). The highest BCUT2D eigenvalue weighted by molar-refractivity contribution is 7.15. The molecule has 0 aliphatic heterocycles. The van der Waals surface area contributed by atoms with Crippen molar-refractivity contribution in [1.29, 1.82) is 0 Å². The second-order valence-corrected chi connectivity index (χ2v) is 5.32. The number of esters is 1. The topological polar surface area (TPSA) is 65.2 Å². The summed E-state index contributed by atoms with van der Waals surface area (Å²) in [5.41, 5.74) is 7.29. The minimum atomic E-state index is -0.268. The quantitative estimate of drug-likeness (QED) is 0.853. The molecule has 4 nitrogen and oxygen atoms in total. The normalized spacial score (nSPS) is 10.4. The first-order chi connectivity index (χ1) is 9.19. The molecule has 0 saturated carbocycles. The number of nitrogens with two attached hydrogens (primary N) is 1. The molecule has 0 atom stereocenters. The van der Waals surface area contributed by atoms with Crippen LogP contribution in [-0.2, 0) is 11.2 Å². The predicted molar refractivity (Wildman–Crippen MR) is 76.3 cm³/mol. The van der Waals surface area contributed by atoms with Gasteiger partial charge in [-0.15, -0.1) is 11.3 Å². The molecule has 1 heterocycles. The molecular formula is C14H16N2O2S. The van der Waals surface area contributed by atoms with Crippen LogP contribution in [0.4, 0.5) is 5.13 Å². The molecule has 0 radical (unpaired) electrons. The van der Waals surface area contributed by atoms with Gasteiger partial charge in [0.25, 0.3) is 0 Å². The molecule has 0 amide bonds. The standard InChI is InChI=1S/C14H16N2O2S/c1-2-7-18-13(17)11-5-3-10(4-6-11)8-12-9-16-14(15)19-12/h3-6,9H,2,7-8H2,1H3,(H2,15,16). The lowest BCUT2D eigenvalue weighted by Gasteiger charge is -2.04. The molecule has 19 heavy (non-hydrogen) atoms. The number of nitrogens with zero attached hydrogens (tertiary/aromatic N) is 1. The highest BCUT2D eigenvalue weighted by atomic mass is 32.1. The molecule has 0 aliphatic rings. The predicted octanol–water partition coefficient (Wildman–Crippen LogP) is 2.88. The van der Waals surface area contributed by atoms with E-state index in [9.17, 15) is 4.79 Å². The monoisotopic (exact) mass is 276 g/mol. The van der Waals surface area contributed by atoms with E-state index in [1.165, 1.54) is 11.3 Å². The Bertz CT molecular complexity index is 549. The summed E-state index contributed by atoms with van der Waals surface area (Å²) >= 11 is 1.48. The van der Waals surface area contributed by atoms with Gasteiger partial charge in [-0.3, -0.25) is 0 Å². The van der Waals surface area contributed by atoms with Crippen molar-refractivity contribution in [1.82, 2.24) is 4.98 Å². The Morgan fingerprint density at radius 2 is 2.11 bits per heavy atom. The number of rotatable bonds is 5. The van der Waals surface area contributed by atoms with Gasteiger partial charge in [0, 0.05) is 17.5 Å². The molecule has 0 saturated heterocycles. The third kappa shape index (κ3) is 3.79. The fourth-order valence-electron chi connectivity index (χ4n) is 1.64. The van der Waals surface area contributed by atoms with E-state index < -0.39 is 0 Å². The molecule has 0 spiro atoms. The molecule has 2 aromatic rings. The zero-order chi connectivity index (χ0) is 13.7. The Balaban J connectivity index is 2.00. The molecule has 0 unspecified atom stereocenters. The van der Waals surface area contributed by atoms with E-state index >= 15 is 0 Å². The Morgan fingerprint density at radius 3 is 2.68 bits per heavy atom. The van der Waals surface area contributed by atoms with E-state index in [4.69, 9.17) is 10.5 Å². The number of hydrogen-bond donors (Lipinski definition) is 1. The highest BCUT2D eigenvalue weighted by Crippen LogP contribution is 2.18. The Morgan fingerprint density at radius 1 is 1.37 bits per heavy atom. The van der Waals surface area contributed by atoms with Crippen LogP contribution in [0.1, 0.15) is 34.1 Å². The average molecular weight is 276 g/mol. The van der Waals surface area contributed by atoms with Crippen LogP contribution in [0.25, 0.3) is 0 Å². The summed E-state index contributed by atoms with van der Waals surface area (Å²) in [6, 6.07) is 7.44. The second kappa shape index (κ2) is 6.33. The fraction of sp³-hybridized carbons (Fsp3) is 0.286. The third-order valence-corrected chi connectivity index (χ3v) is 3.40. The average Bonchev–Trinajstić information content (AvgIpc) is 2.82. The van der Waals surface area contributed by atoms with Gasteiger partial charge in [0.15, 0.2) is 5.13 Å². The van der Waals surface area contributed by atoms with Crippen LogP contribution >= 0.6 is 11.3 Å². The van der Waals surface area contributed by atoms with Gasteiger partial charge in [-0.05, 0) is 24.1 Å². The first kappa shape index (κ1) is 13.5. The Hall–Kier alpha value is -1.88. The fourth-order valence-corrected chi connectivity index (χ4v) is 2.36. The SMILES string of the molecule is CCCOC(=O)c1ccc(Cc2cnc(N)s2)cc1. The van der Waals surface area contributed by atoms with E-state index in [1.807, 2.05) is 19.1 Å². The van der Waals surface area contributed by atoms with E-state index in [0.717, 1.165) is 23.3 Å². The van der Waals surface area contributed by atoms with Crippen LogP contribution in [0.3, 0.4) is 0 Å². The maximum atomic E-state index is 11.6. The van der Waals surface area contributed by atoms with Crippen LogP contribution in [0, 0.1) is 0 Å². The van der Waals surface area contributed by atoms with E-state index in [0.29, 0.717) is 17.3 Å². The number of carbonyl (C=O) groups is 1. The maximum absolute atomic E-state index is 11.6. The van der Waals surface area contributed by atoms with Gasteiger partial charge in [0.05, 0.1) is 12.2 Å². The molecule has 2 N–H and O–H groups in total. The summed E-state index contributed by atoms with van der Waals surface area (Å²) in [5.74, 6) is -0.268. The van der Waals surface area contributed by atoms with Crippen molar-refractivity contribution in [2.24, 2.45) is 0 Å². The summed E-state index contributed by atoms with van der Waals surface area (Å²) in [6.07, 6.45) is 3.39. The number of nitrogen functional groups attached to an aromatic ring is 1. The number of benzene rings is 1. The summed E-state index contributed by atoms with van der Waals surface area (Å²) in [4.78, 5) is 16.8. The molecule has 1 aromatic heterocycles. The van der Waals surface area contributed by atoms with Gasteiger partial charge < -0.3 is 10.5 Å². The number of hydrogen-bond acceptors (Lipinski definition) is 5. The largest absolute Gasteiger partial charge is 0.462 e. The van der Waals surface area contributed by atoms with E-state index in [1.54, 1.807) is 18.3 Å². The maximum Gasteiger partial charge on any atom is 0.338 e. The molecule has 0 fully saturated rings. The van der Waals surface area contributed by atoms with Gasteiger partial charge >= 0.3 is 5.97 Å². The lowest BCUT2D eigenvalue weighted by atomic mass is 10.1. The van der Waals surface area contributed by atoms with E-state index in [2.05, 4.69) is 4.98 Å². The van der Waals surface area contributed by atoms with Gasteiger partial charge in [-0.2, -0.15) is 0 Å². The lowest BCUT2D eigenvalue weighted by Crippen LogP contribution is -2.05. The minimum Gasteiger partial charge on any atom is -0.462 e. The number of aromatic nitrogens is 1. The molecule has 100 valence electrons. The van der Waals surface area contributed by atoms with Crippen molar-refractivity contribution in [3.8, 4) is 0 Å². The molecule has 1 aromatic carbocycles. The Labute approximate surface area is 116 Å². The summed E-state index contributed by atoms with van der Waals surface area (Å²) < 4.78 is 5.08. The lowest BCUT2D eigenvalue weighted by molar-refractivity contribution is 0.0505. The van der Waals surface area contributed by atoms with Crippen LogP contribution in [0.5, 0.6) is 0 Å². The molecular weight excluding hydrogens is 260 g/mol. The number of anilines is 1. The second-order valence-electron chi connectivity index (χ2n) is 4.17. The van der Waals surface area contributed by atoms with Crippen molar-refractivity contribution < 1.29 is 9.53 Å². The molecule has 0 bridgehead atoms. The number of carbonyl (C=O) groups excluding carboxylic acids is 1. The van der Waals surface area contributed by atoms with E-state index in [-0.39, 0.29) is 5.97 Å². The van der Waals surface area contributed by atoms with Crippen LogP contribution in [-0.4, -0.2) is 17.6 Å². The first-order valence-electron chi connectivity index (χ1n) is 6.15. The highest BCUT2D eigenvalue weighted by Gasteiger charge is 2.07. The van der Waals surface area contributed by atoms with Gasteiger partial charge in [0.1, 0.15) is 0 Å². The summed E-state index contributed by atoms with van der Waals surface area (Å²) in [5, 5.41) is 0.578. The van der Waals surface area contributed by atoms with Crippen molar-refractivity contribution in [3.05, 3.63) is 46.5 Å². The van der Waals surface area contributed by atoms with Crippen molar-refractivity contribution in [2.45, 2.75) is 19.8 Å². The Kier molecular flexibility index (Phi) is 4.52. The number of ether oxygens (including phenoxy) is 1.